The normalized spacial score (nSPS) is 11.7. The van der Waals surface area contributed by atoms with Crippen LogP contribution in [0.5, 0.6) is 5.75 Å². The number of sulfonamides is 1. The second-order valence-electron chi connectivity index (χ2n) is 5.02. The number of nitrogens with zero attached hydrogens (tertiary/aromatic N) is 2. The Morgan fingerprint density at radius 3 is 2.42 bits per heavy atom. The predicted octanol–water partition coefficient (Wildman–Crippen LogP) is 2.66. The third-order valence-corrected chi connectivity index (χ3v) is 4.85. The molecule has 0 bridgehead atoms. The first-order valence-electron chi connectivity index (χ1n) is 6.81. The second kappa shape index (κ2) is 5.75. The summed E-state index contributed by atoms with van der Waals surface area (Å²) in [4.78, 5) is -1.09. The van der Waals surface area contributed by atoms with Gasteiger partial charge in [0.1, 0.15) is 17.4 Å². The van der Waals surface area contributed by atoms with Gasteiger partial charge in [0.25, 0.3) is 10.0 Å². The van der Waals surface area contributed by atoms with Crippen molar-refractivity contribution in [3.05, 3.63) is 48.0 Å². The van der Waals surface area contributed by atoms with E-state index in [4.69, 9.17) is 4.74 Å². The SMILES string of the molecule is COc1cc(F)c(S(=O)(=O)Nc2nn(C)c3ccccc23)c(F)c1. The number of methoxy groups -OCH3 is 1. The third kappa shape index (κ3) is 2.67. The molecular formula is C15H13F2N3O3S. The quantitative estimate of drug-likeness (QED) is 0.783. The minimum atomic E-state index is -4.51. The van der Waals surface area contributed by atoms with Crippen LogP contribution in [-0.4, -0.2) is 25.3 Å². The Morgan fingerprint density at radius 1 is 1.17 bits per heavy atom. The molecule has 0 radical (unpaired) electrons. The number of fused-ring (bicyclic) bond motifs is 1. The summed E-state index contributed by atoms with van der Waals surface area (Å²) in [6.07, 6.45) is 0. The minimum Gasteiger partial charge on any atom is -0.497 e. The number of ether oxygens (including phenoxy) is 1. The predicted molar refractivity (Wildman–Crippen MR) is 84.4 cm³/mol. The van der Waals surface area contributed by atoms with Crippen LogP contribution >= 0.6 is 0 Å². The van der Waals surface area contributed by atoms with Gasteiger partial charge in [-0.2, -0.15) is 5.10 Å². The first-order valence-corrected chi connectivity index (χ1v) is 8.29. The molecule has 0 saturated carbocycles. The highest BCUT2D eigenvalue weighted by molar-refractivity contribution is 7.92. The molecule has 0 amide bonds. The van der Waals surface area contributed by atoms with Crippen LogP contribution in [0.3, 0.4) is 0 Å². The Balaban J connectivity index is 2.09. The molecule has 9 heteroatoms. The Hall–Kier alpha value is -2.68. The molecule has 0 saturated heterocycles. The molecule has 1 heterocycles. The molecule has 0 fully saturated rings. The summed E-state index contributed by atoms with van der Waals surface area (Å²) in [5.41, 5.74) is 0.672. The molecule has 0 aliphatic carbocycles. The molecule has 0 unspecified atom stereocenters. The molecule has 3 aromatic rings. The lowest BCUT2D eigenvalue weighted by molar-refractivity contribution is 0.402. The van der Waals surface area contributed by atoms with Gasteiger partial charge in [0.2, 0.25) is 0 Å². The molecule has 0 atom stereocenters. The molecule has 0 spiro atoms. The maximum Gasteiger partial charge on any atom is 0.268 e. The van der Waals surface area contributed by atoms with Crippen molar-refractivity contribution < 1.29 is 21.9 Å². The molecule has 1 aromatic heterocycles. The number of aromatic nitrogens is 2. The van der Waals surface area contributed by atoms with Crippen molar-refractivity contribution in [3.63, 3.8) is 0 Å². The van der Waals surface area contributed by atoms with Gasteiger partial charge in [0.05, 0.1) is 12.6 Å². The van der Waals surface area contributed by atoms with Gasteiger partial charge in [-0.05, 0) is 12.1 Å². The van der Waals surface area contributed by atoms with Crippen LogP contribution in [0.15, 0.2) is 41.3 Å². The minimum absolute atomic E-state index is 0.0114. The number of halogens is 2. The van der Waals surface area contributed by atoms with Crippen LogP contribution in [0.2, 0.25) is 0 Å². The highest BCUT2D eigenvalue weighted by Gasteiger charge is 2.27. The molecule has 0 aliphatic rings. The van der Waals surface area contributed by atoms with E-state index in [1.807, 2.05) is 0 Å². The first kappa shape index (κ1) is 16.2. The van der Waals surface area contributed by atoms with Crippen molar-refractivity contribution in [2.75, 3.05) is 11.8 Å². The monoisotopic (exact) mass is 353 g/mol. The van der Waals surface area contributed by atoms with E-state index in [1.54, 1.807) is 31.3 Å². The molecule has 2 aromatic carbocycles. The van der Waals surface area contributed by atoms with Crippen LogP contribution in [-0.2, 0) is 17.1 Å². The Kier molecular flexibility index (Phi) is 3.88. The average Bonchev–Trinajstić information content (AvgIpc) is 2.82. The lowest BCUT2D eigenvalue weighted by Crippen LogP contribution is -2.17. The number of para-hydroxylation sites is 1. The van der Waals surface area contributed by atoms with Gasteiger partial charge in [0.15, 0.2) is 10.7 Å². The number of benzene rings is 2. The van der Waals surface area contributed by atoms with Crippen molar-refractivity contribution in [2.24, 2.45) is 7.05 Å². The van der Waals surface area contributed by atoms with E-state index in [0.717, 1.165) is 12.1 Å². The van der Waals surface area contributed by atoms with Crippen molar-refractivity contribution in [1.29, 1.82) is 0 Å². The summed E-state index contributed by atoms with van der Waals surface area (Å²) < 4.78 is 61.2. The zero-order valence-electron chi connectivity index (χ0n) is 12.7. The molecule has 3 rings (SSSR count). The molecular weight excluding hydrogens is 340 g/mol. The van der Waals surface area contributed by atoms with Gasteiger partial charge in [0, 0.05) is 24.6 Å². The summed E-state index contributed by atoms with van der Waals surface area (Å²) in [6.45, 7) is 0. The van der Waals surface area contributed by atoms with Crippen molar-refractivity contribution in [3.8, 4) is 5.75 Å². The second-order valence-corrected chi connectivity index (χ2v) is 6.63. The Labute approximate surface area is 136 Å². The van der Waals surface area contributed by atoms with Crippen LogP contribution in [0.1, 0.15) is 0 Å². The lowest BCUT2D eigenvalue weighted by Gasteiger charge is -2.09. The van der Waals surface area contributed by atoms with Gasteiger partial charge < -0.3 is 4.74 Å². The highest BCUT2D eigenvalue weighted by atomic mass is 32.2. The van der Waals surface area contributed by atoms with E-state index in [2.05, 4.69) is 9.82 Å². The molecule has 126 valence electrons. The number of nitrogens with one attached hydrogen (secondary N) is 1. The molecule has 24 heavy (non-hydrogen) atoms. The largest absolute Gasteiger partial charge is 0.497 e. The van der Waals surface area contributed by atoms with Gasteiger partial charge in [-0.15, -0.1) is 0 Å². The lowest BCUT2D eigenvalue weighted by atomic mass is 10.2. The number of hydrogen-bond donors (Lipinski definition) is 1. The smallest absolute Gasteiger partial charge is 0.268 e. The van der Waals surface area contributed by atoms with E-state index in [0.29, 0.717) is 10.9 Å². The topological polar surface area (TPSA) is 73.2 Å². The number of rotatable bonds is 4. The van der Waals surface area contributed by atoms with Crippen LogP contribution in [0.25, 0.3) is 10.9 Å². The molecule has 1 N–H and O–H groups in total. The number of anilines is 1. The van der Waals surface area contributed by atoms with Crippen LogP contribution in [0, 0.1) is 11.6 Å². The van der Waals surface area contributed by atoms with Crippen molar-refractivity contribution >= 4 is 26.7 Å². The van der Waals surface area contributed by atoms with E-state index in [-0.39, 0.29) is 11.6 Å². The van der Waals surface area contributed by atoms with Gasteiger partial charge in [-0.25, -0.2) is 17.2 Å². The number of aryl methyl sites for hydroxylation is 1. The molecule has 6 nitrogen and oxygen atoms in total. The van der Waals surface area contributed by atoms with Gasteiger partial charge in [-0.3, -0.25) is 9.40 Å². The van der Waals surface area contributed by atoms with E-state index in [1.165, 1.54) is 11.8 Å². The number of hydrogen-bond acceptors (Lipinski definition) is 4. The Bertz CT molecular complexity index is 1010. The maximum absolute atomic E-state index is 14.1. The highest BCUT2D eigenvalue weighted by Crippen LogP contribution is 2.28. The summed E-state index contributed by atoms with van der Waals surface area (Å²) in [6, 6.07) is 8.47. The van der Waals surface area contributed by atoms with Crippen molar-refractivity contribution in [2.45, 2.75) is 4.90 Å². The fourth-order valence-electron chi connectivity index (χ4n) is 2.38. The fraction of sp³-hybridized carbons (Fsp3) is 0.133. The third-order valence-electron chi connectivity index (χ3n) is 3.47. The summed E-state index contributed by atoms with van der Waals surface area (Å²) >= 11 is 0. The Morgan fingerprint density at radius 2 is 1.79 bits per heavy atom. The van der Waals surface area contributed by atoms with Gasteiger partial charge in [-0.1, -0.05) is 12.1 Å². The zero-order chi connectivity index (χ0) is 17.5. The van der Waals surface area contributed by atoms with Crippen LogP contribution < -0.4 is 9.46 Å². The maximum atomic E-state index is 14.1. The van der Waals surface area contributed by atoms with Crippen LogP contribution in [0.4, 0.5) is 14.6 Å². The van der Waals surface area contributed by atoms with E-state index in [9.17, 15) is 17.2 Å². The summed E-state index contributed by atoms with van der Waals surface area (Å²) in [5.74, 6) is -2.63. The van der Waals surface area contributed by atoms with E-state index >= 15 is 0 Å². The molecule has 0 aliphatic heterocycles. The zero-order valence-corrected chi connectivity index (χ0v) is 13.6. The summed E-state index contributed by atoms with van der Waals surface area (Å²) in [5, 5.41) is 4.56. The van der Waals surface area contributed by atoms with Crippen molar-refractivity contribution in [1.82, 2.24) is 9.78 Å². The summed E-state index contributed by atoms with van der Waals surface area (Å²) in [7, 11) is -1.65. The van der Waals surface area contributed by atoms with E-state index < -0.39 is 26.6 Å². The van der Waals surface area contributed by atoms with Gasteiger partial charge >= 0.3 is 0 Å². The average molecular weight is 353 g/mol. The standard InChI is InChI=1S/C15H13F2N3O3S/c1-20-13-6-4-3-5-10(13)15(18-20)19-24(21,22)14-11(16)7-9(23-2)8-12(14)17/h3-8H,1-2H3,(H,18,19). The first-order chi connectivity index (χ1) is 11.3. The fourth-order valence-corrected chi connectivity index (χ4v) is 3.52.